The zero-order valence-electron chi connectivity index (χ0n) is 9.03. The van der Waals surface area contributed by atoms with Crippen molar-refractivity contribution in [2.24, 2.45) is 5.73 Å². The lowest BCUT2D eigenvalue weighted by Gasteiger charge is -2.00. The van der Waals surface area contributed by atoms with Crippen LogP contribution in [0.5, 0.6) is 0 Å². The SMILES string of the molecule is NC/C=C/c1nc(-c2ccc(F)c(F)c2Br)no1. The predicted molar refractivity (Wildman–Crippen MR) is 65.4 cm³/mol. The molecule has 18 heavy (non-hydrogen) atoms. The molecule has 7 heteroatoms. The summed E-state index contributed by atoms with van der Waals surface area (Å²) in [5, 5.41) is 3.67. The van der Waals surface area contributed by atoms with Crippen LogP contribution in [0.3, 0.4) is 0 Å². The lowest BCUT2D eigenvalue weighted by atomic mass is 10.2. The van der Waals surface area contributed by atoms with Crippen molar-refractivity contribution < 1.29 is 13.3 Å². The molecule has 94 valence electrons. The summed E-state index contributed by atoms with van der Waals surface area (Å²) in [6.45, 7) is 0.340. The maximum atomic E-state index is 13.3. The number of nitrogens with two attached hydrogens (primary N) is 1. The van der Waals surface area contributed by atoms with E-state index in [1.807, 2.05) is 0 Å². The predicted octanol–water partition coefficient (Wildman–Crippen LogP) is 2.75. The Morgan fingerprint density at radius 2 is 2.17 bits per heavy atom. The molecule has 0 atom stereocenters. The molecule has 0 bridgehead atoms. The molecule has 0 aliphatic carbocycles. The third kappa shape index (κ3) is 2.46. The minimum Gasteiger partial charge on any atom is -0.334 e. The van der Waals surface area contributed by atoms with Crippen LogP contribution in [0.25, 0.3) is 17.5 Å². The lowest BCUT2D eigenvalue weighted by Crippen LogP contribution is -1.92. The molecule has 0 saturated heterocycles. The lowest BCUT2D eigenvalue weighted by molar-refractivity contribution is 0.411. The van der Waals surface area contributed by atoms with Crippen LogP contribution in [0, 0.1) is 11.6 Å². The van der Waals surface area contributed by atoms with Crippen molar-refractivity contribution in [1.82, 2.24) is 10.1 Å². The summed E-state index contributed by atoms with van der Waals surface area (Å²) in [7, 11) is 0. The van der Waals surface area contributed by atoms with Crippen molar-refractivity contribution in [2.45, 2.75) is 0 Å². The first-order valence-corrected chi connectivity index (χ1v) is 5.77. The summed E-state index contributed by atoms with van der Waals surface area (Å²) in [6.07, 6.45) is 3.18. The van der Waals surface area contributed by atoms with E-state index in [-0.39, 0.29) is 16.2 Å². The van der Waals surface area contributed by atoms with Crippen LogP contribution in [0.2, 0.25) is 0 Å². The van der Waals surface area contributed by atoms with Crippen LogP contribution in [0.1, 0.15) is 5.89 Å². The molecule has 1 aromatic carbocycles. The van der Waals surface area contributed by atoms with Gasteiger partial charge in [0, 0.05) is 18.2 Å². The number of hydrogen-bond acceptors (Lipinski definition) is 4. The molecule has 2 rings (SSSR count). The molecule has 0 aliphatic heterocycles. The van der Waals surface area contributed by atoms with Crippen LogP contribution in [-0.4, -0.2) is 16.7 Å². The topological polar surface area (TPSA) is 64.9 Å². The number of nitrogens with zero attached hydrogens (tertiary/aromatic N) is 2. The van der Waals surface area contributed by atoms with Crippen molar-refractivity contribution in [3.05, 3.63) is 40.2 Å². The molecular weight excluding hydrogens is 308 g/mol. The molecule has 0 saturated carbocycles. The van der Waals surface area contributed by atoms with Gasteiger partial charge in [0.25, 0.3) is 5.89 Å². The van der Waals surface area contributed by atoms with Gasteiger partial charge in [-0.2, -0.15) is 4.98 Å². The Bertz CT molecular complexity index is 598. The van der Waals surface area contributed by atoms with Crippen LogP contribution in [0.4, 0.5) is 8.78 Å². The van der Waals surface area contributed by atoms with Crippen LogP contribution in [-0.2, 0) is 0 Å². The second-order valence-electron chi connectivity index (χ2n) is 3.32. The molecular formula is C11H8BrF2N3O. The van der Waals surface area contributed by atoms with Gasteiger partial charge in [-0.05, 0) is 28.1 Å². The van der Waals surface area contributed by atoms with Gasteiger partial charge < -0.3 is 10.3 Å². The van der Waals surface area contributed by atoms with E-state index < -0.39 is 11.6 Å². The summed E-state index contributed by atoms with van der Waals surface area (Å²) >= 11 is 2.95. The first-order valence-electron chi connectivity index (χ1n) is 4.97. The van der Waals surface area contributed by atoms with Gasteiger partial charge >= 0.3 is 0 Å². The van der Waals surface area contributed by atoms with E-state index in [1.165, 1.54) is 6.07 Å². The number of benzene rings is 1. The highest BCUT2D eigenvalue weighted by molar-refractivity contribution is 9.10. The number of hydrogen-bond donors (Lipinski definition) is 1. The quantitative estimate of drug-likeness (QED) is 0.884. The minimum atomic E-state index is -0.989. The third-order valence-electron chi connectivity index (χ3n) is 2.11. The number of halogens is 3. The Kier molecular flexibility index (Phi) is 3.83. The van der Waals surface area contributed by atoms with Gasteiger partial charge in [0.15, 0.2) is 11.6 Å². The van der Waals surface area contributed by atoms with E-state index in [9.17, 15) is 8.78 Å². The van der Waals surface area contributed by atoms with Gasteiger partial charge in [0.05, 0.1) is 4.47 Å². The van der Waals surface area contributed by atoms with Crippen molar-refractivity contribution in [3.63, 3.8) is 0 Å². The molecule has 0 unspecified atom stereocenters. The van der Waals surface area contributed by atoms with Crippen molar-refractivity contribution >= 4 is 22.0 Å². The Morgan fingerprint density at radius 3 is 2.89 bits per heavy atom. The van der Waals surface area contributed by atoms with Gasteiger partial charge in [0.1, 0.15) is 0 Å². The minimum absolute atomic E-state index is 0.0438. The van der Waals surface area contributed by atoms with Crippen LogP contribution < -0.4 is 5.73 Å². The van der Waals surface area contributed by atoms with Crippen molar-refractivity contribution in [1.29, 1.82) is 0 Å². The molecule has 4 nitrogen and oxygen atoms in total. The highest BCUT2D eigenvalue weighted by Gasteiger charge is 2.16. The fourth-order valence-electron chi connectivity index (χ4n) is 1.28. The van der Waals surface area contributed by atoms with E-state index in [2.05, 4.69) is 26.1 Å². The highest BCUT2D eigenvalue weighted by Crippen LogP contribution is 2.29. The van der Waals surface area contributed by atoms with E-state index in [0.717, 1.165) is 6.07 Å². The Hall–Kier alpha value is -1.60. The first kappa shape index (κ1) is 12.8. The van der Waals surface area contributed by atoms with Gasteiger partial charge in [-0.3, -0.25) is 0 Å². The van der Waals surface area contributed by atoms with Crippen LogP contribution in [0.15, 0.2) is 27.2 Å². The molecule has 1 aromatic heterocycles. The van der Waals surface area contributed by atoms with E-state index in [4.69, 9.17) is 10.3 Å². The summed E-state index contributed by atoms with van der Waals surface area (Å²) in [4.78, 5) is 4.01. The number of aromatic nitrogens is 2. The summed E-state index contributed by atoms with van der Waals surface area (Å²) in [5.41, 5.74) is 5.59. The average Bonchev–Trinajstić information content (AvgIpc) is 2.82. The van der Waals surface area contributed by atoms with Crippen molar-refractivity contribution in [2.75, 3.05) is 6.54 Å². The third-order valence-corrected chi connectivity index (χ3v) is 2.89. The van der Waals surface area contributed by atoms with E-state index in [1.54, 1.807) is 12.2 Å². The van der Waals surface area contributed by atoms with E-state index in [0.29, 0.717) is 12.1 Å². The zero-order chi connectivity index (χ0) is 13.1. The molecule has 2 aromatic rings. The smallest absolute Gasteiger partial charge is 0.250 e. The first-order chi connectivity index (χ1) is 8.63. The van der Waals surface area contributed by atoms with Crippen LogP contribution >= 0.6 is 15.9 Å². The molecule has 0 aliphatic rings. The van der Waals surface area contributed by atoms with Crippen molar-refractivity contribution in [3.8, 4) is 11.4 Å². The molecule has 0 spiro atoms. The average molecular weight is 316 g/mol. The second-order valence-corrected chi connectivity index (χ2v) is 4.11. The van der Waals surface area contributed by atoms with Gasteiger partial charge in [-0.25, -0.2) is 8.78 Å². The molecule has 0 amide bonds. The summed E-state index contributed by atoms with van der Waals surface area (Å²) in [6, 6.07) is 2.37. The summed E-state index contributed by atoms with van der Waals surface area (Å²) < 4.78 is 31.2. The largest absolute Gasteiger partial charge is 0.334 e. The Balaban J connectivity index is 2.40. The number of rotatable bonds is 3. The fourth-order valence-corrected chi connectivity index (χ4v) is 1.78. The maximum absolute atomic E-state index is 13.3. The van der Waals surface area contributed by atoms with E-state index >= 15 is 0 Å². The zero-order valence-corrected chi connectivity index (χ0v) is 10.6. The monoisotopic (exact) mass is 315 g/mol. The molecule has 0 radical (unpaired) electrons. The Labute approximate surface area is 110 Å². The Morgan fingerprint density at radius 1 is 1.39 bits per heavy atom. The standard InChI is InChI=1S/C11H8BrF2N3O/c12-9-6(3-4-7(13)10(9)14)11-16-8(18-17-11)2-1-5-15/h1-4H,5,15H2/b2-1+. The normalized spacial score (nSPS) is 11.3. The second kappa shape index (κ2) is 5.36. The molecule has 0 fully saturated rings. The highest BCUT2D eigenvalue weighted by atomic mass is 79.9. The maximum Gasteiger partial charge on any atom is 0.250 e. The van der Waals surface area contributed by atoms with Gasteiger partial charge in [-0.1, -0.05) is 11.2 Å². The summed E-state index contributed by atoms with van der Waals surface area (Å²) in [5.74, 6) is -1.53. The molecule has 1 heterocycles. The molecule has 2 N–H and O–H groups in total. The van der Waals surface area contributed by atoms with Gasteiger partial charge in [-0.15, -0.1) is 0 Å². The fraction of sp³-hybridized carbons (Fsp3) is 0.0909. The van der Waals surface area contributed by atoms with Gasteiger partial charge in [0.2, 0.25) is 5.82 Å².